The predicted octanol–water partition coefficient (Wildman–Crippen LogP) is 1.39. The zero-order valence-electron chi connectivity index (χ0n) is 12.0. The molecular formula is C16H15N3O3. The summed E-state index contributed by atoms with van der Waals surface area (Å²) >= 11 is 0. The van der Waals surface area contributed by atoms with Crippen LogP contribution in [0.15, 0.2) is 30.5 Å². The van der Waals surface area contributed by atoms with Gasteiger partial charge in [-0.15, -0.1) is 0 Å². The summed E-state index contributed by atoms with van der Waals surface area (Å²) in [6.45, 7) is 1.36. The van der Waals surface area contributed by atoms with Crippen molar-refractivity contribution in [3.8, 4) is 11.8 Å². The number of aliphatic hydroxyl groups excluding tert-OH is 1. The van der Waals surface area contributed by atoms with E-state index in [2.05, 4.69) is 10.3 Å². The fraction of sp³-hybridized carbons (Fsp3) is 0.188. The average molecular weight is 297 g/mol. The number of aromatic hydroxyl groups is 1. The van der Waals surface area contributed by atoms with Crippen LogP contribution in [0.1, 0.15) is 32.7 Å². The zero-order valence-corrected chi connectivity index (χ0v) is 12.0. The van der Waals surface area contributed by atoms with E-state index in [-0.39, 0.29) is 23.4 Å². The monoisotopic (exact) mass is 297 g/mol. The molecule has 0 unspecified atom stereocenters. The maximum Gasteiger partial charge on any atom is 0.253 e. The normalized spacial score (nSPS) is 10.0. The maximum absolute atomic E-state index is 12.2. The maximum atomic E-state index is 12.2. The van der Waals surface area contributed by atoms with E-state index < -0.39 is 12.5 Å². The first kappa shape index (κ1) is 15.5. The number of rotatable bonds is 4. The van der Waals surface area contributed by atoms with Gasteiger partial charge in [-0.1, -0.05) is 12.1 Å². The van der Waals surface area contributed by atoms with Gasteiger partial charge in [-0.2, -0.15) is 5.26 Å². The summed E-state index contributed by atoms with van der Waals surface area (Å²) in [5, 5.41) is 30.7. The van der Waals surface area contributed by atoms with Gasteiger partial charge in [-0.25, -0.2) is 0 Å². The SMILES string of the molecule is Cc1ncc(C(=O)NCc2cccc(C#N)c2)c(CO)c1O. The molecule has 0 radical (unpaired) electrons. The molecule has 0 spiro atoms. The number of nitrogens with zero attached hydrogens (tertiary/aromatic N) is 2. The van der Waals surface area contributed by atoms with Crippen molar-refractivity contribution in [1.29, 1.82) is 5.26 Å². The van der Waals surface area contributed by atoms with Crippen LogP contribution in [0.5, 0.6) is 5.75 Å². The number of aromatic nitrogens is 1. The number of carbonyl (C=O) groups excluding carboxylic acids is 1. The first-order valence-electron chi connectivity index (χ1n) is 6.62. The lowest BCUT2D eigenvalue weighted by molar-refractivity contribution is 0.0946. The van der Waals surface area contributed by atoms with Gasteiger partial charge in [0.15, 0.2) is 0 Å². The Labute approximate surface area is 127 Å². The summed E-state index contributed by atoms with van der Waals surface area (Å²) in [5.74, 6) is -0.629. The Morgan fingerprint density at radius 3 is 2.91 bits per heavy atom. The van der Waals surface area contributed by atoms with Gasteiger partial charge in [0, 0.05) is 18.3 Å². The number of hydrogen-bond donors (Lipinski definition) is 3. The molecule has 22 heavy (non-hydrogen) atoms. The fourth-order valence-corrected chi connectivity index (χ4v) is 2.03. The van der Waals surface area contributed by atoms with Gasteiger partial charge in [-0.05, 0) is 24.6 Å². The van der Waals surface area contributed by atoms with Crippen molar-refractivity contribution < 1.29 is 15.0 Å². The second-order valence-corrected chi connectivity index (χ2v) is 4.74. The Hall–Kier alpha value is -2.91. The summed E-state index contributed by atoms with van der Waals surface area (Å²) in [6.07, 6.45) is 1.32. The number of aliphatic hydroxyl groups is 1. The molecule has 0 aliphatic carbocycles. The Balaban J connectivity index is 2.16. The van der Waals surface area contributed by atoms with Crippen molar-refractivity contribution in [2.45, 2.75) is 20.1 Å². The Morgan fingerprint density at radius 2 is 2.23 bits per heavy atom. The van der Waals surface area contributed by atoms with E-state index >= 15 is 0 Å². The Bertz CT molecular complexity index is 751. The summed E-state index contributed by atoms with van der Waals surface area (Å²) in [5.41, 5.74) is 1.92. The molecule has 0 aliphatic heterocycles. The van der Waals surface area contributed by atoms with Crippen molar-refractivity contribution in [2.75, 3.05) is 0 Å². The van der Waals surface area contributed by atoms with Crippen LogP contribution in [0.3, 0.4) is 0 Å². The lowest BCUT2D eigenvalue weighted by Crippen LogP contribution is -2.24. The lowest BCUT2D eigenvalue weighted by Gasteiger charge is -2.11. The van der Waals surface area contributed by atoms with E-state index in [1.165, 1.54) is 6.20 Å². The van der Waals surface area contributed by atoms with E-state index in [9.17, 15) is 15.0 Å². The summed E-state index contributed by atoms with van der Waals surface area (Å²) < 4.78 is 0. The average Bonchev–Trinajstić information content (AvgIpc) is 2.55. The molecule has 0 atom stereocenters. The standard InChI is InChI=1S/C16H15N3O3/c1-10-15(21)14(9-20)13(8-18-10)16(22)19-7-12-4-2-3-11(5-12)6-17/h2-5,8,20-21H,7,9H2,1H3,(H,19,22). The highest BCUT2D eigenvalue weighted by Gasteiger charge is 2.16. The molecule has 1 aromatic carbocycles. The number of aryl methyl sites for hydroxylation is 1. The van der Waals surface area contributed by atoms with E-state index in [0.717, 1.165) is 5.56 Å². The van der Waals surface area contributed by atoms with Crippen LogP contribution in [0.2, 0.25) is 0 Å². The second kappa shape index (κ2) is 6.70. The third-order valence-electron chi connectivity index (χ3n) is 3.25. The van der Waals surface area contributed by atoms with Crippen molar-refractivity contribution in [1.82, 2.24) is 10.3 Å². The molecule has 0 saturated carbocycles. The first-order valence-corrected chi connectivity index (χ1v) is 6.62. The molecular weight excluding hydrogens is 282 g/mol. The van der Waals surface area contributed by atoms with Crippen molar-refractivity contribution in [3.63, 3.8) is 0 Å². The van der Waals surface area contributed by atoms with Gasteiger partial charge in [0.25, 0.3) is 5.91 Å². The number of pyridine rings is 1. The molecule has 0 saturated heterocycles. The molecule has 6 heteroatoms. The number of hydrogen-bond acceptors (Lipinski definition) is 5. The molecule has 0 bridgehead atoms. The number of carbonyl (C=O) groups is 1. The number of nitriles is 1. The molecule has 0 aliphatic rings. The minimum atomic E-state index is -0.456. The Kier molecular flexibility index (Phi) is 4.71. The van der Waals surface area contributed by atoms with Crippen LogP contribution in [0.4, 0.5) is 0 Å². The van der Waals surface area contributed by atoms with Gasteiger partial charge in [-0.3, -0.25) is 9.78 Å². The molecule has 1 amide bonds. The van der Waals surface area contributed by atoms with E-state index in [1.807, 2.05) is 6.07 Å². The predicted molar refractivity (Wildman–Crippen MR) is 78.9 cm³/mol. The highest BCUT2D eigenvalue weighted by Crippen LogP contribution is 2.23. The molecule has 1 heterocycles. The molecule has 112 valence electrons. The van der Waals surface area contributed by atoms with Crippen LogP contribution < -0.4 is 5.32 Å². The molecule has 0 fully saturated rings. The van der Waals surface area contributed by atoms with E-state index in [4.69, 9.17) is 5.26 Å². The quantitative estimate of drug-likeness (QED) is 0.790. The number of nitrogens with one attached hydrogen (secondary N) is 1. The van der Waals surface area contributed by atoms with Crippen molar-refractivity contribution >= 4 is 5.91 Å². The fourth-order valence-electron chi connectivity index (χ4n) is 2.03. The minimum absolute atomic E-state index is 0.127. The van der Waals surface area contributed by atoms with Crippen molar-refractivity contribution in [2.24, 2.45) is 0 Å². The number of amides is 1. The summed E-state index contributed by atoms with van der Waals surface area (Å²) in [7, 11) is 0. The summed E-state index contributed by atoms with van der Waals surface area (Å²) in [4.78, 5) is 16.1. The molecule has 3 N–H and O–H groups in total. The van der Waals surface area contributed by atoms with Gasteiger partial charge in [0.1, 0.15) is 5.75 Å². The minimum Gasteiger partial charge on any atom is -0.506 e. The molecule has 1 aromatic heterocycles. The highest BCUT2D eigenvalue weighted by atomic mass is 16.3. The second-order valence-electron chi connectivity index (χ2n) is 4.74. The third kappa shape index (κ3) is 3.22. The summed E-state index contributed by atoms with van der Waals surface area (Å²) in [6, 6.07) is 8.91. The van der Waals surface area contributed by atoms with E-state index in [1.54, 1.807) is 31.2 Å². The van der Waals surface area contributed by atoms with Gasteiger partial charge >= 0.3 is 0 Å². The van der Waals surface area contributed by atoms with Crippen LogP contribution in [-0.2, 0) is 13.2 Å². The molecule has 2 aromatic rings. The highest BCUT2D eigenvalue weighted by molar-refractivity contribution is 5.96. The van der Waals surface area contributed by atoms with Gasteiger partial charge < -0.3 is 15.5 Å². The van der Waals surface area contributed by atoms with Crippen LogP contribution >= 0.6 is 0 Å². The topological polar surface area (TPSA) is 106 Å². The van der Waals surface area contributed by atoms with E-state index in [0.29, 0.717) is 11.3 Å². The van der Waals surface area contributed by atoms with Crippen LogP contribution in [-0.4, -0.2) is 21.1 Å². The van der Waals surface area contributed by atoms with Crippen LogP contribution in [0, 0.1) is 18.3 Å². The van der Waals surface area contributed by atoms with Crippen molar-refractivity contribution in [3.05, 3.63) is 58.4 Å². The lowest BCUT2D eigenvalue weighted by atomic mass is 10.1. The Morgan fingerprint density at radius 1 is 1.45 bits per heavy atom. The van der Waals surface area contributed by atoms with Gasteiger partial charge in [0.2, 0.25) is 0 Å². The largest absolute Gasteiger partial charge is 0.506 e. The van der Waals surface area contributed by atoms with Gasteiger partial charge in [0.05, 0.1) is 29.5 Å². The smallest absolute Gasteiger partial charge is 0.253 e. The number of benzene rings is 1. The molecule has 2 rings (SSSR count). The first-order chi connectivity index (χ1) is 10.6. The zero-order chi connectivity index (χ0) is 16.1. The third-order valence-corrected chi connectivity index (χ3v) is 3.25. The van der Waals surface area contributed by atoms with Crippen LogP contribution in [0.25, 0.3) is 0 Å². The molecule has 6 nitrogen and oxygen atoms in total.